The second-order valence-electron chi connectivity index (χ2n) is 5.68. The largest absolute Gasteiger partial charge is 0.410 e. The molecule has 0 radical (unpaired) electrons. The Morgan fingerprint density at radius 2 is 2.00 bits per heavy atom. The van der Waals surface area contributed by atoms with Crippen LogP contribution in [-0.2, 0) is 20.4 Å². The fourth-order valence-corrected chi connectivity index (χ4v) is 3.30. The van der Waals surface area contributed by atoms with E-state index in [1.807, 2.05) is 0 Å². The first-order valence-electron chi connectivity index (χ1n) is 7.39. The minimum Gasteiger partial charge on any atom is -0.410 e. The zero-order valence-electron chi connectivity index (χ0n) is 13.6. The molecule has 1 aromatic heterocycles. The first-order chi connectivity index (χ1) is 11.7. The third-order valence-corrected chi connectivity index (χ3v) is 4.99. The molecular formula is C15H17ClFN3O4S. The summed E-state index contributed by atoms with van der Waals surface area (Å²) >= 11 is 5.46. The number of carbonyl (C=O) groups excluding carboxylic acids is 1. The summed E-state index contributed by atoms with van der Waals surface area (Å²) in [5.41, 5.74) is -0.00176. The summed E-state index contributed by atoms with van der Waals surface area (Å²) in [6.07, 6.45) is 0. The van der Waals surface area contributed by atoms with Crippen LogP contribution in [0.2, 0.25) is 0 Å². The van der Waals surface area contributed by atoms with E-state index in [-0.39, 0.29) is 23.3 Å². The molecule has 1 atom stereocenters. The second-order valence-corrected chi connectivity index (χ2v) is 7.81. The molecule has 0 spiro atoms. The molecule has 7 nitrogen and oxygen atoms in total. The summed E-state index contributed by atoms with van der Waals surface area (Å²) in [5.74, 6) is -2.15. The van der Waals surface area contributed by atoms with Crippen molar-refractivity contribution in [3.05, 3.63) is 41.5 Å². The molecule has 1 heterocycles. The maximum absolute atomic E-state index is 13.7. The zero-order valence-corrected chi connectivity index (χ0v) is 15.1. The van der Waals surface area contributed by atoms with Gasteiger partial charge in [-0.2, -0.15) is 0 Å². The van der Waals surface area contributed by atoms with Gasteiger partial charge in [-0.1, -0.05) is 37.1 Å². The van der Waals surface area contributed by atoms with Crippen molar-refractivity contribution >= 4 is 27.3 Å². The van der Waals surface area contributed by atoms with Crippen LogP contribution in [-0.4, -0.2) is 30.4 Å². The summed E-state index contributed by atoms with van der Waals surface area (Å²) in [5, 5.41) is 9.20. The normalized spacial score (nSPS) is 13.0. The number of hydrogen-bond acceptors (Lipinski definition) is 6. The monoisotopic (exact) mass is 389 g/mol. The van der Waals surface area contributed by atoms with Crippen LogP contribution in [0.1, 0.15) is 31.3 Å². The van der Waals surface area contributed by atoms with Gasteiger partial charge in [-0.15, -0.1) is 16.7 Å². The predicted octanol–water partition coefficient (Wildman–Crippen LogP) is 2.23. The van der Waals surface area contributed by atoms with Gasteiger partial charge >= 0.3 is 5.22 Å². The summed E-state index contributed by atoms with van der Waals surface area (Å²) in [7, 11) is -4.03. The van der Waals surface area contributed by atoms with E-state index in [0.29, 0.717) is 0 Å². The van der Waals surface area contributed by atoms with Gasteiger partial charge in [0.1, 0.15) is 17.7 Å². The molecular weight excluding hydrogens is 373 g/mol. The molecule has 0 saturated carbocycles. The third kappa shape index (κ3) is 4.76. The van der Waals surface area contributed by atoms with Crippen LogP contribution >= 0.6 is 11.6 Å². The van der Waals surface area contributed by atoms with E-state index in [0.717, 1.165) is 0 Å². The minimum atomic E-state index is -4.03. The van der Waals surface area contributed by atoms with Crippen molar-refractivity contribution < 1.29 is 22.0 Å². The summed E-state index contributed by atoms with van der Waals surface area (Å²) < 4.78 is 43.6. The summed E-state index contributed by atoms with van der Waals surface area (Å²) in [4.78, 5) is 11.5. The highest BCUT2D eigenvalue weighted by atomic mass is 35.5. The lowest BCUT2D eigenvalue weighted by Crippen LogP contribution is -2.32. The minimum absolute atomic E-state index is 0.00176. The highest BCUT2D eigenvalue weighted by molar-refractivity contribution is 7.90. The van der Waals surface area contributed by atoms with Crippen LogP contribution in [0.25, 0.3) is 0 Å². The second kappa shape index (κ2) is 7.92. The van der Waals surface area contributed by atoms with E-state index in [1.165, 1.54) is 24.3 Å². The Hall–Kier alpha value is -2.00. The number of carbonyl (C=O) groups is 1. The van der Waals surface area contributed by atoms with Crippen LogP contribution in [0.15, 0.2) is 33.9 Å². The molecule has 1 N–H and O–H groups in total. The number of benzene rings is 1. The fraction of sp³-hybridized carbons (Fsp3) is 0.400. The van der Waals surface area contributed by atoms with E-state index in [4.69, 9.17) is 16.0 Å². The SMILES string of the molecule is CC(C)[C@H](NC(=O)CCl)c1nnc(S(=O)(=O)Cc2ccccc2F)o1. The van der Waals surface area contributed by atoms with Crippen LogP contribution in [0.4, 0.5) is 4.39 Å². The van der Waals surface area contributed by atoms with Gasteiger partial charge in [0.2, 0.25) is 21.6 Å². The molecule has 136 valence electrons. The van der Waals surface area contributed by atoms with E-state index < -0.39 is 38.6 Å². The molecule has 2 rings (SSSR count). The first-order valence-corrected chi connectivity index (χ1v) is 9.58. The zero-order chi connectivity index (χ0) is 18.6. The van der Waals surface area contributed by atoms with Crippen LogP contribution < -0.4 is 5.32 Å². The maximum Gasteiger partial charge on any atom is 0.335 e. The Morgan fingerprint density at radius 1 is 1.32 bits per heavy atom. The van der Waals surface area contributed by atoms with Crippen molar-refractivity contribution in [1.82, 2.24) is 15.5 Å². The van der Waals surface area contributed by atoms with Crippen molar-refractivity contribution in [3.63, 3.8) is 0 Å². The van der Waals surface area contributed by atoms with E-state index >= 15 is 0 Å². The number of nitrogens with zero attached hydrogens (tertiary/aromatic N) is 2. The number of sulfone groups is 1. The Labute approximate surface area is 149 Å². The maximum atomic E-state index is 13.7. The number of aromatic nitrogens is 2. The molecule has 0 saturated heterocycles. The average molecular weight is 390 g/mol. The molecule has 0 aliphatic rings. The molecule has 0 aliphatic carbocycles. The quantitative estimate of drug-likeness (QED) is 0.728. The van der Waals surface area contributed by atoms with E-state index in [1.54, 1.807) is 13.8 Å². The molecule has 10 heteroatoms. The summed E-state index contributed by atoms with van der Waals surface area (Å²) in [6, 6.07) is 4.84. The fourth-order valence-electron chi connectivity index (χ4n) is 2.08. The van der Waals surface area contributed by atoms with E-state index in [2.05, 4.69) is 15.5 Å². The molecule has 1 aromatic carbocycles. The van der Waals surface area contributed by atoms with Gasteiger partial charge < -0.3 is 9.73 Å². The highest BCUT2D eigenvalue weighted by Gasteiger charge is 2.29. The Bertz CT molecular complexity index is 854. The summed E-state index contributed by atoms with van der Waals surface area (Å²) in [6.45, 7) is 3.58. The molecule has 0 fully saturated rings. The van der Waals surface area contributed by atoms with E-state index in [9.17, 15) is 17.6 Å². The van der Waals surface area contributed by atoms with Gasteiger partial charge in [0.15, 0.2) is 0 Å². The van der Waals surface area contributed by atoms with Gasteiger partial charge in [0.05, 0.1) is 5.75 Å². The van der Waals surface area contributed by atoms with Crippen molar-refractivity contribution in [3.8, 4) is 0 Å². The van der Waals surface area contributed by atoms with Crippen LogP contribution in [0.5, 0.6) is 0 Å². The van der Waals surface area contributed by atoms with Crippen LogP contribution in [0, 0.1) is 11.7 Å². The lowest BCUT2D eigenvalue weighted by molar-refractivity contribution is -0.119. The molecule has 0 unspecified atom stereocenters. The van der Waals surface area contributed by atoms with Crippen LogP contribution in [0.3, 0.4) is 0 Å². The van der Waals surface area contributed by atoms with Crippen molar-refractivity contribution in [2.45, 2.75) is 30.9 Å². The standard InChI is InChI=1S/C15H17ClFN3O4S/c1-9(2)13(18-12(21)7-16)14-19-20-15(24-14)25(22,23)8-10-5-3-4-6-11(10)17/h3-6,9,13H,7-8H2,1-2H3,(H,18,21)/t13-/m0/s1. The van der Waals surface area contributed by atoms with Crippen molar-refractivity contribution in [1.29, 1.82) is 0 Å². The number of amides is 1. The average Bonchev–Trinajstić information content (AvgIpc) is 3.04. The number of nitrogens with one attached hydrogen (secondary N) is 1. The number of hydrogen-bond donors (Lipinski definition) is 1. The van der Waals surface area contributed by atoms with Gasteiger partial charge in [-0.05, 0) is 12.0 Å². The Kier molecular flexibility index (Phi) is 6.12. The highest BCUT2D eigenvalue weighted by Crippen LogP contribution is 2.24. The number of rotatable bonds is 7. The first kappa shape index (κ1) is 19.3. The predicted molar refractivity (Wildman–Crippen MR) is 88.0 cm³/mol. The Morgan fingerprint density at radius 3 is 2.60 bits per heavy atom. The van der Waals surface area contributed by atoms with Gasteiger partial charge in [0.25, 0.3) is 0 Å². The molecule has 25 heavy (non-hydrogen) atoms. The lowest BCUT2D eigenvalue weighted by Gasteiger charge is -2.17. The smallest absolute Gasteiger partial charge is 0.335 e. The molecule has 1 amide bonds. The third-order valence-electron chi connectivity index (χ3n) is 3.36. The molecule has 0 aliphatic heterocycles. The molecule has 0 bridgehead atoms. The van der Waals surface area contributed by atoms with Gasteiger partial charge in [-0.25, -0.2) is 12.8 Å². The lowest BCUT2D eigenvalue weighted by atomic mass is 10.0. The van der Waals surface area contributed by atoms with Gasteiger partial charge in [-0.3, -0.25) is 4.79 Å². The van der Waals surface area contributed by atoms with Crippen molar-refractivity contribution in [2.75, 3.05) is 5.88 Å². The Balaban J connectivity index is 2.26. The molecule has 2 aromatic rings. The number of halogens is 2. The topological polar surface area (TPSA) is 102 Å². The van der Waals surface area contributed by atoms with Crippen molar-refractivity contribution in [2.24, 2.45) is 5.92 Å². The van der Waals surface area contributed by atoms with Gasteiger partial charge in [0, 0.05) is 5.56 Å². The number of alkyl halides is 1.